The quantitative estimate of drug-likeness (QED) is 0.871. The predicted octanol–water partition coefficient (Wildman–Crippen LogP) is 3.30. The molecule has 0 fully saturated rings. The molecule has 0 spiro atoms. The highest BCUT2D eigenvalue weighted by Crippen LogP contribution is 2.28. The second-order valence-electron chi connectivity index (χ2n) is 4.65. The summed E-state index contributed by atoms with van der Waals surface area (Å²) < 4.78 is 0. The molecule has 0 saturated carbocycles. The van der Waals surface area contributed by atoms with Crippen LogP contribution in [0.15, 0.2) is 36.5 Å². The van der Waals surface area contributed by atoms with Crippen LogP contribution in [0.1, 0.15) is 11.3 Å². The second-order valence-corrected chi connectivity index (χ2v) is 5.06. The van der Waals surface area contributed by atoms with E-state index in [1.165, 1.54) is 0 Å². The predicted molar refractivity (Wildman–Crippen MR) is 81.8 cm³/mol. The Morgan fingerprint density at radius 1 is 1.32 bits per heavy atom. The zero-order valence-corrected chi connectivity index (χ0v) is 12.0. The van der Waals surface area contributed by atoms with E-state index in [1.54, 1.807) is 0 Å². The average molecular weight is 276 g/mol. The smallest absolute Gasteiger partial charge is 0.0656 e. The van der Waals surface area contributed by atoms with Crippen LogP contribution < -0.4 is 10.6 Å². The number of nitrogen functional groups attached to an aromatic ring is 1. The van der Waals surface area contributed by atoms with Crippen LogP contribution in [0.25, 0.3) is 0 Å². The Kier molecular flexibility index (Phi) is 4.27. The molecular weight excluding hydrogens is 258 g/mol. The SMILES string of the molecule is Cc1cc(N)c(Cl)cc1N(C)CCc1ccccn1. The van der Waals surface area contributed by atoms with Crippen LogP contribution in [-0.2, 0) is 6.42 Å². The first kappa shape index (κ1) is 13.7. The summed E-state index contributed by atoms with van der Waals surface area (Å²) in [5.74, 6) is 0. The van der Waals surface area contributed by atoms with Gasteiger partial charge in [-0.15, -0.1) is 0 Å². The van der Waals surface area contributed by atoms with Crippen molar-refractivity contribution in [3.05, 3.63) is 52.8 Å². The lowest BCUT2D eigenvalue weighted by Crippen LogP contribution is -2.21. The van der Waals surface area contributed by atoms with Gasteiger partial charge in [-0.2, -0.15) is 0 Å². The zero-order valence-electron chi connectivity index (χ0n) is 11.2. The Bertz CT molecular complexity index is 555. The molecule has 4 heteroatoms. The van der Waals surface area contributed by atoms with Crippen molar-refractivity contribution in [1.82, 2.24) is 4.98 Å². The lowest BCUT2D eigenvalue weighted by Gasteiger charge is -2.22. The molecule has 0 aliphatic carbocycles. The maximum absolute atomic E-state index is 6.08. The molecule has 0 aliphatic rings. The molecule has 3 nitrogen and oxygen atoms in total. The minimum atomic E-state index is 0.602. The summed E-state index contributed by atoms with van der Waals surface area (Å²) in [7, 11) is 2.05. The van der Waals surface area contributed by atoms with E-state index in [2.05, 4.69) is 16.9 Å². The Balaban J connectivity index is 2.08. The minimum absolute atomic E-state index is 0.602. The van der Waals surface area contributed by atoms with Crippen molar-refractivity contribution in [2.24, 2.45) is 0 Å². The number of pyridine rings is 1. The molecule has 2 rings (SSSR count). The molecule has 1 aromatic carbocycles. The van der Waals surface area contributed by atoms with Gasteiger partial charge in [-0.1, -0.05) is 17.7 Å². The number of aromatic nitrogens is 1. The number of rotatable bonds is 4. The summed E-state index contributed by atoms with van der Waals surface area (Å²) in [6.07, 6.45) is 2.72. The minimum Gasteiger partial charge on any atom is -0.398 e. The number of halogens is 1. The number of hydrogen-bond donors (Lipinski definition) is 1. The van der Waals surface area contributed by atoms with E-state index in [9.17, 15) is 0 Å². The van der Waals surface area contributed by atoms with Crippen LogP contribution in [0.3, 0.4) is 0 Å². The first-order valence-corrected chi connectivity index (χ1v) is 6.62. The monoisotopic (exact) mass is 275 g/mol. The fraction of sp³-hybridized carbons (Fsp3) is 0.267. The van der Waals surface area contributed by atoms with Gasteiger partial charge in [0.15, 0.2) is 0 Å². The van der Waals surface area contributed by atoms with Crippen LogP contribution in [0.2, 0.25) is 5.02 Å². The standard InChI is InChI=1S/C15H18ClN3/c1-11-9-14(17)13(16)10-15(11)19(2)8-6-12-5-3-4-7-18-12/h3-5,7,9-10H,6,8,17H2,1-2H3. The van der Waals surface area contributed by atoms with Crippen LogP contribution >= 0.6 is 11.6 Å². The van der Waals surface area contributed by atoms with Crippen LogP contribution in [0.5, 0.6) is 0 Å². The van der Waals surface area contributed by atoms with Gasteiger partial charge < -0.3 is 10.6 Å². The van der Waals surface area contributed by atoms with Crippen LogP contribution in [0, 0.1) is 6.92 Å². The third kappa shape index (κ3) is 3.38. The molecule has 0 aliphatic heterocycles. The summed E-state index contributed by atoms with van der Waals surface area (Å²) in [4.78, 5) is 6.50. The molecule has 2 N–H and O–H groups in total. The van der Waals surface area contributed by atoms with Crippen molar-refractivity contribution in [2.75, 3.05) is 24.2 Å². The number of hydrogen-bond acceptors (Lipinski definition) is 3. The van der Waals surface area contributed by atoms with Crippen molar-refractivity contribution in [2.45, 2.75) is 13.3 Å². The van der Waals surface area contributed by atoms with E-state index < -0.39 is 0 Å². The van der Waals surface area contributed by atoms with Crippen LogP contribution in [0.4, 0.5) is 11.4 Å². The van der Waals surface area contributed by atoms with Crippen molar-refractivity contribution < 1.29 is 0 Å². The van der Waals surface area contributed by atoms with Crippen molar-refractivity contribution in [3.63, 3.8) is 0 Å². The molecule has 100 valence electrons. The lowest BCUT2D eigenvalue weighted by atomic mass is 10.1. The molecule has 0 unspecified atom stereocenters. The topological polar surface area (TPSA) is 42.1 Å². The van der Waals surface area contributed by atoms with Gasteiger partial charge >= 0.3 is 0 Å². The van der Waals surface area contributed by atoms with Gasteiger partial charge in [0.2, 0.25) is 0 Å². The van der Waals surface area contributed by atoms with Crippen molar-refractivity contribution >= 4 is 23.0 Å². The largest absolute Gasteiger partial charge is 0.398 e. The van der Waals surface area contributed by atoms with Gasteiger partial charge in [0.25, 0.3) is 0 Å². The molecule has 1 aromatic heterocycles. The first-order chi connectivity index (χ1) is 9.08. The highest BCUT2D eigenvalue weighted by Gasteiger charge is 2.08. The summed E-state index contributed by atoms with van der Waals surface area (Å²) in [6, 6.07) is 9.81. The highest BCUT2D eigenvalue weighted by atomic mass is 35.5. The van der Waals surface area contributed by atoms with Gasteiger partial charge in [0.05, 0.1) is 10.7 Å². The summed E-state index contributed by atoms with van der Waals surface area (Å²) in [6.45, 7) is 2.93. The van der Waals surface area contributed by atoms with Gasteiger partial charge in [-0.25, -0.2) is 0 Å². The molecule has 0 amide bonds. The zero-order chi connectivity index (χ0) is 13.8. The molecule has 0 saturated heterocycles. The van der Waals surface area contributed by atoms with Gasteiger partial charge in [0, 0.05) is 37.6 Å². The Morgan fingerprint density at radius 3 is 2.79 bits per heavy atom. The Morgan fingerprint density at radius 2 is 2.11 bits per heavy atom. The highest BCUT2D eigenvalue weighted by molar-refractivity contribution is 6.33. The third-order valence-electron chi connectivity index (χ3n) is 3.16. The number of benzene rings is 1. The molecule has 19 heavy (non-hydrogen) atoms. The van der Waals surface area contributed by atoms with E-state index in [4.69, 9.17) is 17.3 Å². The average Bonchev–Trinajstić information content (AvgIpc) is 2.41. The van der Waals surface area contributed by atoms with E-state index in [-0.39, 0.29) is 0 Å². The number of nitrogens with two attached hydrogens (primary N) is 1. The maximum atomic E-state index is 6.08. The molecular formula is C15H18ClN3. The molecule has 2 aromatic rings. The fourth-order valence-electron chi connectivity index (χ4n) is 2.05. The van der Waals surface area contributed by atoms with E-state index in [1.807, 2.05) is 43.5 Å². The summed E-state index contributed by atoms with van der Waals surface area (Å²) in [5.41, 5.74) is 9.75. The van der Waals surface area contributed by atoms with Gasteiger partial charge in [0.1, 0.15) is 0 Å². The fourth-order valence-corrected chi connectivity index (χ4v) is 2.21. The normalized spacial score (nSPS) is 10.5. The second kappa shape index (κ2) is 5.93. The Labute approximate surface area is 119 Å². The maximum Gasteiger partial charge on any atom is 0.0656 e. The molecule has 0 bridgehead atoms. The number of likely N-dealkylation sites (N-methyl/N-ethyl adjacent to an activating group) is 1. The van der Waals surface area contributed by atoms with E-state index in [0.717, 1.165) is 29.9 Å². The number of nitrogens with zero attached hydrogens (tertiary/aromatic N) is 2. The van der Waals surface area contributed by atoms with Gasteiger partial charge in [-0.3, -0.25) is 4.98 Å². The Hall–Kier alpha value is -1.74. The van der Waals surface area contributed by atoms with Gasteiger partial charge in [-0.05, 0) is 36.8 Å². The van der Waals surface area contributed by atoms with Crippen molar-refractivity contribution in [1.29, 1.82) is 0 Å². The molecule has 0 radical (unpaired) electrons. The molecule has 0 atom stereocenters. The third-order valence-corrected chi connectivity index (χ3v) is 3.48. The van der Waals surface area contributed by atoms with Crippen molar-refractivity contribution in [3.8, 4) is 0 Å². The first-order valence-electron chi connectivity index (χ1n) is 6.24. The van der Waals surface area contributed by atoms with E-state index >= 15 is 0 Å². The summed E-state index contributed by atoms with van der Waals surface area (Å²) >= 11 is 6.08. The number of aryl methyl sites for hydroxylation is 1. The molecule has 1 heterocycles. The lowest BCUT2D eigenvalue weighted by molar-refractivity contribution is 0.850. The van der Waals surface area contributed by atoms with Crippen LogP contribution in [-0.4, -0.2) is 18.6 Å². The summed E-state index contributed by atoms with van der Waals surface area (Å²) in [5, 5.41) is 0.602. The number of anilines is 2. The van der Waals surface area contributed by atoms with E-state index in [0.29, 0.717) is 10.7 Å².